The molecule has 1 fully saturated rings. The van der Waals surface area contributed by atoms with Crippen LogP contribution in [0.5, 0.6) is 0 Å². The van der Waals surface area contributed by atoms with Gasteiger partial charge in [0, 0.05) is 13.1 Å². The second kappa shape index (κ2) is 4.87. The van der Waals surface area contributed by atoms with Crippen LogP contribution in [0.4, 0.5) is 5.13 Å². The Balaban J connectivity index is 2.20. The van der Waals surface area contributed by atoms with E-state index in [1.54, 1.807) is 0 Å². The van der Waals surface area contributed by atoms with Gasteiger partial charge in [-0.3, -0.25) is 0 Å². The van der Waals surface area contributed by atoms with Gasteiger partial charge in [-0.2, -0.15) is 4.31 Å². The Morgan fingerprint density at radius 1 is 1.35 bits per heavy atom. The molecule has 1 atom stereocenters. The van der Waals surface area contributed by atoms with Crippen molar-refractivity contribution in [3.05, 3.63) is 0 Å². The predicted octanol–water partition coefficient (Wildman–Crippen LogP) is 0.931. The highest BCUT2D eigenvalue weighted by molar-refractivity contribution is 7.91. The molecule has 6 nitrogen and oxygen atoms in total. The van der Waals surface area contributed by atoms with Crippen LogP contribution in [-0.2, 0) is 10.0 Å². The first-order valence-electron chi connectivity index (χ1n) is 5.59. The summed E-state index contributed by atoms with van der Waals surface area (Å²) in [4.78, 5) is 0. The number of anilines is 1. The first-order valence-corrected chi connectivity index (χ1v) is 7.85. The molecule has 1 aromatic rings. The third-order valence-corrected chi connectivity index (χ3v) is 5.96. The summed E-state index contributed by atoms with van der Waals surface area (Å²) < 4.78 is 26.0. The van der Waals surface area contributed by atoms with Crippen molar-refractivity contribution in [3.8, 4) is 0 Å². The van der Waals surface area contributed by atoms with Crippen molar-refractivity contribution in [2.24, 2.45) is 5.92 Å². The summed E-state index contributed by atoms with van der Waals surface area (Å²) in [5, 5.41) is 7.37. The number of hydrogen-bond donors (Lipinski definition) is 1. The highest BCUT2D eigenvalue weighted by Crippen LogP contribution is 2.25. The highest BCUT2D eigenvalue weighted by atomic mass is 32.2. The van der Waals surface area contributed by atoms with Gasteiger partial charge in [-0.15, -0.1) is 10.2 Å². The monoisotopic (exact) mass is 276 g/mol. The number of hydrogen-bond acceptors (Lipinski definition) is 6. The molecule has 1 aliphatic heterocycles. The van der Waals surface area contributed by atoms with Crippen LogP contribution >= 0.6 is 11.3 Å². The first kappa shape index (κ1) is 12.7. The van der Waals surface area contributed by atoms with E-state index in [4.69, 9.17) is 5.73 Å². The van der Waals surface area contributed by atoms with Crippen molar-refractivity contribution in [2.75, 3.05) is 18.8 Å². The first-order chi connectivity index (χ1) is 8.00. The lowest BCUT2D eigenvalue weighted by Crippen LogP contribution is -2.32. The molecule has 0 aromatic carbocycles. The van der Waals surface area contributed by atoms with Crippen molar-refractivity contribution >= 4 is 26.5 Å². The number of nitrogens with two attached hydrogens (primary N) is 1. The van der Waals surface area contributed by atoms with Crippen LogP contribution in [-0.4, -0.2) is 36.0 Å². The molecule has 2 heterocycles. The molecule has 0 spiro atoms. The van der Waals surface area contributed by atoms with E-state index in [-0.39, 0.29) is 9.47 Å². The quantitative estimate of drug-likeness (QED) is 0.868. The molecule has 0 radical (unpaired) electrons. The Labute approximate surface area is 105 Å². The third-order valence-electron chi connectivity index (χ3n) is 2.96. The zero-order valence-corrected chi connectivity index (χ0v) is 11.3. The maximum absolute atomic E-state index is 12.2. The smallest absolute Gasteiger partial charge is 0.272 e. The van der Waals surface area contributed by atoms with E-state index in [0.717, 1.165) is 30.6 Å². The summed E-state index contributed by atoms with van der Waals surface area (Å²) in [5.74, 6) is 0.578. The molecule has 0 amide bonds. The molecule has 1 aliphatic rings. The van der Waals surface area contributed by atoms with Gasteiger partial charge in [0.1, 0.15) is 0 Å². The van der Waals surface area contributed by atoms with Crippen molar-refractivity contribution < 1.29 is 8.42 Å². The molecule has 1 unspecified atom stereocenters. The van der Waals surface area contributed by atoms with E-state index < -0.39 is 10.0 Å². The fraction of sp³-hybridized carbons (Fsp3) is 0.778. The third kappa shape index (κ3) is 2.75. The molecule has 1 saturated heterocycles. The number of nitrogens with zero attached hydrogens (tertiary/aromatic N) is 3. The van der Waals surface area contributed by atoms with Crippen molar-refractivity contribution in [3.63, 3.8) is 0 Å². The van der Waals surface area contributed by atoms with Gasteiger partial charge in [0.15, 0.2) is 0 Å². The Morgan fingerprint density at radius 2 is 2.12 bits per heavy atom. The number of nitrogen functional groups attached to an aromatic ring is 1. The normalized spacial score (nSPS) is 23.5. The van der Waals surface area contributed by atoms with E-state index >= 15 is 0 Å². The second-order valence-electron chi connectivity index (χ2n) is 4.35. The van der Waals surface area contributed by atoms with Crippen LogP contribution in [0.2, 0.25) is 0 Å². The Kier molecular flexibility index (Phi) is 3.64. The van der Waals surface area contributed by atoms with Gasteiger partial charge in [0.2, 0.25) is 9.47 Å². The fourth-order valence-electron chi connectivity index (χ4n) is 1.91. The van der Waals surface area contributed by atoms with Crippen LogP contribution < -0.4 is 5.73 Å². The minimum atomic E-state index is -3.49. The van der Waals surface area contributed by atoms with E-state index in [9.17, 15) is 8.42 Å². The van der Waals surface area contributed by atoms with E-state index in [1.807, 2.05) is 0 Å². The molecule has 17 heavy (non-hydrogen) atoms. The summed E-state index contributed by atoms with van der Waals surface area (Å²) in [6, 6.07) is 0. The van der Waals surface area contributed by atoms with Crippen molar-refractivity contribution in [1.82, 2.24) is 14.5 Å². The number of rotatable bonds is 2. The molecule has 96 valence electrons. The molecular formula is C9H16N4O2S2. The summed E-state index contributed by atoms with van der Waals surface area (Å²) in [7, 11) is -3.49. The van der Waals surface area contributed by atoms with Gasteiger partial charge < -0.3 is 5.73 Å². The SMILES string of the molecule is CC1CCCN(S(=O)(=O)c2nnc(N)s2)CC1. The average molecular weight is 276 g/mol. The molecule has 1 aromatic heterocycles. The maximum atomic E-state index is 12.2. The van der Waals surface area contributed by atoms with Crippen LogP contribution in [0.15, 0.2) is 4.34 Å². The minimum Gasteiger partial charge on any atom is -0.374 e. The molecule has 8 heteroatoms. The Morgan fingerprint density at radius 3 is 2.76 bits per heavy atom. The van der Waals surface area contributed by atoms with Gasteiger partial charge >= 0.3 is 0 Å². The van der Waals surface area contributed by atoms with Gasteiger partial charge in [-0.25, -0.2) is 8.42 Å². The fourth-order valence-corrected chi connectivity index (χ4v) is 4.33. The Hall–Kier alpha value is -0.730. The molecule has 0 bridgehead atoms. The molecule has 2 N–H and O–H groups in total. The zero-order valence-electron chi connectivity index (χ0n) is 9.66. The molecule has 0 saturated carbocycles. The number of aromatic nitrogens is 2. The lowest BCUT2D eigenvalue weighted by Gasteiger charge is -2.17. The van der Waals surface area contributed by atoms with Crippen molar-refractivity contribution in [2.45, 2.75) is 30.5 Å². The van der Waals surface area contributed by atoms with Crippen LogP contribution in [0.25, 0.3) is 0 Å². The topological polar surface area (TPSA) is 89.2 Å². The minimum absolute atomic E-state index is 0.00422. The average Bonchev–Trinajstić information content (AvgIpc) is 2.58. The second-order valence-corrected chi connectivity index (χ2v) is 7.47. The lowest BCUT2D eigenvalue weighted by atomic mass is 10.0. The summed E-state index contributed by atoms with van der Waals surface area (Å²) in [6.07, 6.45) is 2.87. The van der Waals surface area contributed by atoms with Gasteiger partial charge in [0.05, 0.1) is 0 Å². The van der Waals surface area contributed by atoms with Gasteiger partial charge in [-0.05, 0) is 25.2 Å². The predicted molar refractivity (Wildman–Crippen MR) is 66.1 cm³/mol. The summed E-state index contributed by atoms with van der Waals surface area (Å²) >= 11 is 0.922. The van der Waals surface area contributed by atoms with Gasteiger partial charge in [-0.1, -0.05) is 18.3 Å². The van der Waals surface area contributed by atoms with Crippen molar-refractivity contribution in [1.29, 1.82) is 0 Å². The summed E-state index contributed by atoms with van der Waals surface area (Å²) in [6.45, 7) is 3.27. The van der Waals surface area contributed by atoms with E-state index in [0.29, 0.717) is 19.0 Å². The lowest BCUT2D eigenvalue weighted by molar-refractivity contribution is 0.416. The zero-order chi connectivity index (χ0) is 12.5. The largest absolute Gasteiger partial charge is 0.374 e. The van der Waals surface area contributed by atoms with Crippen LogP contribution in [0.3, 0.4) is 0 Å². The molecular weight excluding hydrogens is 260 g/mol. The van der Waals surface area contributed by atoms with Crippen LogP contribution in [0.1, 0.15) is 26.2 Å². The molecule has 0 aliphatic carbocycles. The van der Waals surface area contributed by atoms with E-state index in [2.05, 4.69) is 17.1 Å². The van der Waals surface area contributed by atoms with Gasteiger partial charge in [0.25, 0.3) is 10.0 Å². The maximum Gasteiger partial charge on any atom is 0.272 e. The Bertz CT molecular complexity index is 485. The molecule has 2 rings (SSSR count). The van der Waals surface area contributed by atoms with Crippen LogP contribution in [0, 0.1) is 5.92 Å². The standard InChI is InChI=1S/C9H16N4O2S2/c1-7-3-2-5-13(6-4-7)17(14,15)9-12-11-8(10)16-9/h7H,2-6H2,1H3,(H2,10,11). The van der Waals surface area contributed by atoms with E-state index in [1.165, 1.54) is 4.31 Å². The summed E-state index contributed by atoms with van der Waals surface area (Å²) in [5.41, 5.74) is 5.42. The highest BCUT2D eigenvalue weighted by Gasteiger charge is 2.29. The number of sulfonamides is 1.